The van der Waals surface area contributed by atoms with E-state index in [4.69, 9.17) is 9.47 Å². The van der Waals surface area contributed by atoms with Crippen LogP contribution in [0.1, 0.15) is 37.0 Å². The lowest BCUT2D eigenvalue weighted by molar-refractivity contribution is -0.138. The minimum atomic E-state index is -4.62. The average Bonchev–Trinajstić information content (AvgIpc) is 3.16. The van der Waals surface area contributed by atoms with Crippen LogP contribution in [0.3, 0.4) is 0 Å². The van der Waals surface area contributed by atoms with E-state index < -0.39 is 47.8 Å². The monoisotopic (exact) mass is 598 g/mol. The fraction of sp³-hybridized carbons (Fsp3) is 0.323. The predicted molar refractivity (Wildman–Crippen MR) is 156 cm³/mol. The molecule has 9 nitrogen and oxygen atoms in total. The van der Waals surface area contributed by atoms with Crippen LogP contribution < -0.4 is 20.9 Å². The van der Waals surface area contributed by atoms with Gasteiger partial charge in [0.15, 0.2) is 11.8 Å². The first kappa shape index (κ1) is 31.5. The standard InChI is InChI=1S/C31H33F3N4O5/c1-4-42-27(43-5-2)19-38-25-12-7-6-11-24(25)30(28(38)40,18-26(39)35-22-15-13-20(3)14-16-22)37-29(41)36-23-10-8-9-21(17-23)31(32,33)34/h6-17,27H,4-5,18-19H2,1-3H3,(H,35,39)(H2,36,37,41)/t30-/m0/s1. The van der Waals surface area contributed by atoms with Crippen molar-refractivity contribution in [2.75, 3.05) is 35.3 Å². The maximum atomic E-state index is 14.3. The molecule has 0 bridgehead atoms. The van der Waals surface area contributed by atoms with E-state index in [9.17, 15) is 27.6 Å². The Morgan fingerprint density at radius 3 is 2.23 bits per heavy atom. The van der Waals surface area contributed by atoms with Gasteiger partial charge in [-0.25, -0.2) is 4.79 Å². The molecule has 0 aromatic heterocycles. The number of aryl methyl sites for hydroxylation is 1. The molecule has 1 aliphatic rings. The molecular formula is C31H33F3N4O5. The van der Waals surface area contributed by atoms with Crippen molar-refractivity contribution in [2.24, 2.45) is 0 Å². The van der Waals surface area contributed by atoms with Gasteiger partial charge in [-0.3, -0.25) is 9.59 Å². The molecule has 12 heteroatoms. The molecule has 3 N–H and O–H groups in total. The second kappa shape index (κ2) is 13.3. The summed E-state index contributed by atoms with van der Waals surface area (Å²) in [5, 5.41) is 7.77. The molecule has 0 unspecified atom stereocenters. The SMILES string of the molecule is CCOC(CN1C(=O)[C@@](CC(=O)Nc2ccc(C)cc2)(NC(=O)Nc2cccc(C(F)(F)F)c2)c2ccccc21)OCC. The number of alkyl halides is 3. The largest absolute Gasteiger partial charge is 0.416 e. The highest BCUT2D eigenvalue weighted by molar-refractivity contribution is 6.12. The Morgan fingerprint density at radius 1 is 0.907 bits per heavy atom. The van der Waals surface area contributed by atoms with Crippen molar-refractivity contribution >= 4 is 34.9 Å². The summed E-state index contributed by atoms with van der Waals surface area (Å²) in [6.07, 6.45) is -5.91. The van der Waals surface area contributed by atoms with E-state index in [0.29, 0.717) is 30.2 Å². The highest BCUT2D eigenvalue weighted by atomic mass is 19.4. The van der Waals surface area contributed by atoms with Crippen molar-refractivity contribution in [1.29, 1.82) is 0 Å². The average molecular weight is 599 g/mol. The van der Waals surface area contributed by atoms with E-state index in [1.165, 1.54) is 11.0 Å². The van der Waals surface area contributed by atoms with Crippen LogP contribution in [0, 0.1) is 6.92 Å². The summed E-state index contributed by atoms with van der Waals surface area (Å²) in [4.78, 5) is 42.4. The van der Waals surface area contributed by atoms with E-state index in [1.54, 1.807) is 50.2 Å². The highest BCUT2D eigenvalue weighted by Crippen LogP contribution is 2.43. The molecule has 43 heavy (non-hydrogen) atoms. The van der Waals surface area contributed by atoms with Gasteiger partial charge in [0.05, 0.1) is 24.2 Å². The molecule has 3 aromatic rings. The number of carbonyl (C=O) groups excluding carboxylic acids is 3. The molecule has 4 rings (SSSR count). The van der Waals surface area contributed by atoms with Crippen molar-refractivity contribution in [2.45, 2.75) is 45.2 Å². The van der Waals surface area contributed by atoms with Crippen LogP contribution in [0.25, 0.3) is 0 Å². The number of amides is 4. The van der Waals surface area contributed by atoms with Crippen LogP contribution in [0.4, 0.5) is 35.0 Å². The number of hydrogen-bond donors (Lipinski definition) is 3. The summed E-state index contributed by atoms with van der Waals surface area (Å²) in [6.45, 7) is 6.06. The van der Waals surface area contributed by atoms with Gasteiger partial charge in [-0.1, -0.05) is 42.0 Å². The zero-order chi connectivity index (χ0) is 31.2. The normalized spacial score (nSPS) is 16.3. The second-order valence-corrected chi connectivity index (χ2v) is 9.93. The van der Waals surface area contributed by atoms with Gasteiger partial charge in [-0.2, -0.15) is 13.2 Å². The summed E-state index contributed by atoms with van der Waals surface area (Å²) in [5.74, 6) is -1.20. The van der Waals surface area contributed by atoms with Gasteiger partial charge < -0.3 is 30.3 Å². The lowest BCUT2D eigenvalue weighted by atomic mass is 9.87. The molecule has 3 aromatic carbocycles. The maximum absolute atomic E-state index is 14.3. The number of nitrogens with one attached hydrogen (secondary N) is 3. The molecule has 1 heterocycles. The molecule has 0 saturated heterocycles. The maximum Gasteiger partial charge on any atom is 0.416 e. The highest BCUT2D eigenvalue weighted by Gasteiger charge is 2.53. The molecule has 0 spiro atoms. The van der Waals surface area contributed by atoms with Crippen molar-refractivity contribution in [1.82, 2.24) is 5.32 Å². The molecule has 0 radical (unpaired) electrons. The molecular weight excluding hydrogens is 565 g/mol. The third kappa shape index (κ3) is 7.33. The smallest absolute Gasteiger partial charge is 0.351 e. The summed E-state index contributed by atoms with van der Waals surface area (Å²) in [5.41, 5.74) is -0.762. The van der Waals surface area contributed by atoms with Crippen molar-refractivity contribution in [3.63, 3.8) is 0 Å². The number of rotatable bonds is 11. The zero-order valence-corrected chi connectivity index (χ0v) is 24.0. The number of fused-ring (bicyclic) bond motifs is 1. The number of benzene rings is 3. The van der Waals surface area contributed by atoms with Crippen LogP contribution in [0.15, 0.2) is 72.8 Å². The molecule has 1 atom stereocenters. The van der Waals surface area contributed by atoms with Crippen molar-refractivity contribution in [3.8, 4) is 0 Å². The third-order valence-corrected chi connectivity index (χ3v) is 6.84. The van der Waals surface area contributed by atoms with Gasteiger partial charge in [0.2, 0.25) is 5.91 Å². The number of urea groups is 1. The Bertz CT molecular complexity index is 1460. The fourth-order valence-corrected chi connectivity index (χ4v) is 4.93. The number of anilines is 3. The molecule has 1 aliphatic heterocycles. The zero-order valence-electron chi connectivity index (χ0n) is 24.0. The lowest BCUT2D eigenvalue weighted by Crippen LogP contribution is -2.56. The number of halogens is 3. The van der Waals surface area contributed by atoms with Gasteiger partial charge in [0.1, 0.15) is 0 Å². The summed E-state index contributed by atoms with van der Waals surface area (Å²) < 4.78 is 51.1. The van der Waals surface area contributed by atoms with Crippen molar-refractivity contribution in [3.05, 3.63) is 89.5 Å². The number of hydrogen-bond acceptors (Lipinski definition) is 5. The number of ether oxygens (including phenoxy) is 2. The summed E-state index contributed by atoms with van der Waals surface area (Å²) in [7, 11) is 0. The van der Waals surface area contributed by atoms with Crippen LogP contribution in [-0.2, 0) is 30.8 Å². The van der Waals surface area contributed by atoms with Crippen LogP contribution in [-0.4, -0.2) is 43.9 Å². The summed E-state index contributed by atoms with van der Waals surface area (Å²) in [6, 6.07) is 16.8. The summed E-state index contributed by atoms with van der Waals surface area (Å²) >= 11 is 0. The van der Waals surface area contributed by atoms with Gasteiger partial charge in [-0.05, 0) is 57.2 Å². The first-order valence-corrected chi connectivity index (χ1v) is 13.7. The van der Waals surface area contributed by atoms with Crippen LogP contribution in [0.2, 0.25) is 0 Å². The first-order chi connectivity index (χ1) is 20.5. The Labute approximate surface area is 247 Å². The molecule has 0 aliphatic carbocycles. The number of nitrogens with zero attached hydrogens (tertiary/aromatic N) is 1. The van der Waals surface area contributed by atoms with Crippen LogP contribution in [0.5, 0.6) is 0 Å². The van der Waals surface area contributed by atoms with E-state index in [1.807, 2.05) is 19.1 Å². The molecule has 0 fully saturated rings. The van der Waals surface area contributed by atoms with E-state index in [-0.39, 0.29) is 12.2 Å². The first-order valence-electron chi connectivity index (χ1n) is 13.7. The van der Waals surface area contributed by atoms with Gasteiger partial charge >= 0.3 is 12.2 Å². The molecule has 228 valence electrons. The Morgan fingerprint density at radius 2 is 1.58 bits per heavy atom. The lowest BCUT2D eigenvalue weighted by Gasteiger charge is -2.30. The van der Waals surface area contributed by atoms with E-state index >= 15 is 0 Å². The minimum Gasteiger partial charge on any atom is -0.351 e. The molecule has 0 saturated carbocycles. The topological polar surface area (TPSA) is 109 Å². The fourth-order valence-electron chi connectivity index (χ4n) is 4.93. The Balaban J connectivity index is 1.70. The van der Waals surface area contributed by atoms with E-state index in [2.05, 4.69) is 16.0 Å². The van der Waals surface area contributed by atoms with E-state index in [0.717, 1.165) is 23.8 Å². The van der Waals surface area contributed by atoms with Crippen LogP contribution >= 0.6 is 0 Å². The Kier molecular flexibility index (Phi) is 9.72. The molecule has 4 amide bonds. The van der Waals surface area contributed by atoms with Gasteiger partial charge in [0.25, 0.3) is 5.91 Å². The van der Waals surface area contributed by atoms with Crippen molar-refractivity contribution < 1.29 is 37.0 Å². The number of carbonyl (C=O) groups is 3. The van der Waals surface area contributed by atoms with Gasteiger partial charge in [0, 0.05) is 30.2 Å². The third-order valence-electron chi connectivity index (χ3n) is 6.84. The van der Waals surface area contributed by atoms with Gasteiger partial charge in [-0.15, -0.1) is 0 Å². The quantitative estimate of drug-likeness (QED) is 0.242. The second-order valence-electron chi connectivity index (χ2n) is 9.93. The number of para-hydroxylation sites is 1. The predicted octanol–water partition coefficient (Wildman–Crippen LogP) is 5.81. The minimum absolute atomic E-state index is 0.0320. The Hall–Kier alpha value is -4.42.